The summed E-state index contributed by atoms with van der Waals surface area (Å²) in [4.78, 5) is 36.2. The molecule has 178 valence electrons. The fourth-order valence-electron chi connectivity index (χ4n) is 3.31. The summed E-state index contributed by atoms with van der Waals surface area (Å²) in [6.07, 6.45) is -0.255. The van der Waals surface area contributed by atoms with Crippen molar-refractivity contribution in [3.05, 3.63) is 82.1 Å². The van der Waals surface area contributed by atoms with Crippen molar-refractivity contribution in [1.29, 1.82) is 0 Å². The monoisotopic (exact) mass is 464 g/mol. The predicted octanol–water partition coefficient (Wildman–Crippen LogP) is 3.18. The lowest BCUT2D eigenvalue weighted by molar-refractivity contribution is -0.122. The van der Waals surface area contributed by atoms with Gasteiger partial charge in [0.05, 0.1) is 25.5 Å². The highest BCUT2D eigenvalue weighted by molar-refractivity contribution is 5.84. The van der Waals surface area contributed by atoms with Crippen LogP contribution >= 0.6 is 0 Å². The summed E-state index contributed by atoms with van der Waals surface area (Å²) >= 11 is 0. The SMILES string of the molecule is CCOC(=O)Nc1cccc(Cn2nc(-c3ccccc3CNC(=O)CCOC)ccc2=O)c1. The van der Waals surface area contributed by atoms with E-state index in [-0.39, 0.29) is 31.0 Å². The highest BCUT2D eigenvalue weighted by atomic mass is 16.5. The first-order valence-electron chi connectivity index (χ1n) is 10.9. The number of benzene rings is 2. The van der Waals surface area contributed by atoms with Crippen LogP contribution in [0.1, 0.15) is 24.5 Å². The number of carbonyl (C=O) groups excluding carboxylic acids is 2. The summed E-state index contributed by atoms with van der Waals surface area (Å²) in [6, 6.07) is 17.9. The number of anilines is 1. The maximum absolute atomic E-state index is 12.5. The molecular weight excluding hydrogens is 436 g/mol. The largest absolute Gasteiger partial charge is 0.450 e. The van der Waals surface area contributed by atoms with E-state index in [1.54, 1.807) is 38.3 Å². The topological polar surface area (TPSA) is 112 Å². The van der Waals surface area contributed by atoms with E-state index in [4.69, 9.17) is 9.47 Å². The third kappa shape index (κ3) is 7.01. The quantitative estimate of drug-likeness (QED) is 0.477. The molecule has 0 bridgehead atoms. The van der Waals surface area contributed by atoms with Crippen molar-refractivity contribution in [3.63, 3.8) is 0 Å². The van der Waals surface area contributed by atoms with Crippen molar-refractivity contribution in [1.82, 2.24) is 15.1 Å². The first-order chi connectivity index (χ1) is 16.5. The maximum Gasteiger partial charge on any atom is 0.411 e. The third-order valence-corrected chi connectivity index (χ3v) is 4.95. The van der Waals surface area contributed by atoms with Gasteiger partial charge in [-0.25, -0.2) is 9.48 Å². The van der Waals surface area contributed by atoms with Crippen molar-refractivity contribution in [3.8, 4) is 11.3 Å². The van der Waals surface area contributed by atoms with E-state index in [1.807, 2.05) is 30.3 Å². The van der Waals surface area contributed by atoms with Gasteiger partial charge in [0.15, 0.2) is 0 Å². The van der Waals surface area contributed by atoms with Crippen LogP contribution in [0.5, 0.6) is 0 Å². The fraction of sp³-hybridized carbons (Fsp3) is 0.280. The Morgan fingerprint density at radius 3 is 2.68 bits per heavy atom. The molecule has 9 heteroatoms. The summed E-state index contributed by atoms with van der Waals surface area (Å²) in [5, 5.41) is 10.1. The minimum absolute atomic E-state index is 0.106. The number of amides is 2. The third-order valence-electron chi connectivity index (χ3n) is 4.95. The van der Waals surface area contributed by atoms with Crippen LogP contribution in [0.4, 0.5) is 10.5 Å². The average Bonchev–Trinajstić information content (AvgIpc) is 2.83. The number of methoxy groups -OCH3 is 1. The van der Waals surface area contributed by atoms with E-state index in [0.29, 0.717) is 24.5 Å². The van der Waals surface area contributed by atoms with E-state index in [9.17, 15) is 14.4 Å². The summed E-state index contributed by atoms with van der Waals surface area (Å²) in [7, 11) is 1.55. The van der Waals surface area contributed by atoms with Crippen molar-refractivity contribution in [2.45, 2.75) is 26.4 Å². The smallest absolute Gasteiger partial charge is 0.411 e. The van der Waals surface area contributed by atoms with Gasteiger partial charge in [-0.2, -0.15) is 5.10 Å². The summed E-state index contributed by atoms with van der Waals surface area (Å²) in [6.45, 7) is 2.92. The van der Waals surface area contributed by atoms with E-state index < -0.39 is 6.09 Å². The van der Waals surface area contributed by atoms with Gasteiger partial charge in [0.25, 0.3) is 5.56 Å². The normalized spacial score (nSPS) is 10.5. The molecule has 3 rings (SSSR count). The summed E-state index contributed by atoms with van der Waals surface area (Å²) < 4.78 is 11.2. The molecule has 0 radical (unpaired) electrons. The van der Waals surface area contributed by atoms with Gasteiger partial charge in [0, 0.05) is 37.4 Å². The molecule has 0 saturated heterocycles. The molecule has 0 unspecified atom stereocenters. The Morgan fingerprint density at radius 2 is 1.88 bits per heavy atom. The molecule has 1 aromatic heterocycles. The molecule has 2 amide bonds. The molecular formula is C25H28N4O5. The molecule has 0 aliphatic rings. The van der Waals surface area contributed by atoms with Crippen LogP contribution in [0, 0.1) is 0 Å². The number of nitrogens with one attached hydrogen (secondary N) is 2. The lowest BCUT2D eigenvalue weighted by Crippen LogP contribution is -2.25. The Labute approximate surface area is 197 Å². The van der Waals surface area contributed by atoms with Gasteiger partial charge in [-0.1, -0.05) is 36.4 Å². The van der Waals surface area contributed by atoms with Gasteiger partial charge in [0.1, 0.15) is 0 Å². The molecule has 0 aliphatic carbocycles. The Bertz CT molecular complexity index is 1190. The van der Waals surface area contributed by atoms with Crippen molar-refractivity contribution >= 4 is 17.7 Å². The molecule has 0 fully saturated rings. The highest BCUT2D eigenvalue weighted by Crippen LogP contribution is 2.21. The predicted molar refractivity (Wildman–Crippen MR) is 128 cm³/mol. The van der Waals surface area contributed by atoms with Crippen LogP contribution in [0.2, 0.25) is 0 Å². The van der Waals surface area contributed by atoms with Gasteiger partial charge < -0.3 is 14.8 Å². The zero-order chi connectivity index (χ0) is 24.3. The van der Waals surface area contributed by atoms with Gasteiger partial charge in [-0.15, -0.1) is 0 Å². The number of hydrogen-bond donors (Lipinski definition) is 2. The van der Waals surface area contributed by atoms with Crippen LogP contribution in [0.25, 0.3) is 11.3 Å². The van der Waals surface area contributed by atoms with Crippen molar-refractivity contribution in [2.75, 3.05) is 25.6 Å². The molecule has 34 heavy (non-hydrogen) atoms. The highest BCUT2D eigenvalue weighted by Gasteiger charge is 2.11. The van der Waals surface area contributed by atoms with Gasteiger partial charge in [-0.05, 0) is 36.2 Å². The minimum atomic E-state index is -0.539. The van der Waals surface area contributed by atoms with Gasteiger partial charge >= 0.3 is 6.09 Å². The van der Waals surface area contributed by atoms with E-state index >= 15 is 0 Å². The zero-order valence-corrected chi connectivity index (χ0v) is 19.2. The first kappa shape index (κ1) is 24.7. The van der Waals surface area contributed by atoms with Crippen LogP contribution in [0.3, 0.4) is 0 Å². The standard InChI is InChI=1S/C25H28N4O5/c1-3-34-25(32)27-20-9-6-7-18(15-20)17-29-24(31)12-11-22(28-29)21-10-5-4-8-19(21)16-26-23(30)13-14-33-2/h4-12,15H,3,13-14,16-17H2,1-2H3,(H,26,30)(H,27,32). The Balaban J connectivity index is 1.79. The van der Waals surface area contributed by atoms with Gasteiger partial charge in [0.2, 0.25) is 5.91 Å². The Morgan fingerprint density at radius 1 is 1.06 bits per heavy atom. The van der Waals surface area contributed by atoms with E-state index in [1.165, 1.54) is 10.7 Å². The van der Waals surface area contributed by atoms with Gasteiger partial charge in [-0.3, -0.25) is 14.9 Å². The number of rotatable bonds is 10. The van der Waals surface area contributed by atoms with Crippen LogP contribution in [-0.4, -0.2) is 42.1 Å². The molecule has 0 spiro atoms. The Kier molecular flexibility index (Phi) is 8.93. The number of aromatic nitrogens is 2. The maximum atomic E-state index is 12.5. The zero-order valence-electron chi connectivity index (χ0n) is 19.2. The van der Waals surface area contributed by atoms with Crippen LogP contribution in [0.15, 0.2) is 65.5 Å². The first-order valence-corrected chi connectivity index (χ1v) is 10.9. The van der Waals surface area contributed by atoms with E-state index in [0.717, 1.165) is 16.7 Å². The molecule has 2 N–H and O–H groups in total. The molecule has 9 nitrogen and oxygen atoms in total. The molecule has 0 saturated carbocycles. The number of nitrogens with zero attached hydrogens (tertiary/aromatic N) is 2. The second kappa shape index (κ2) is 12.3. The van der Waals surface area contributed by atoms with Crippen molar-refractivity contribution in [2.24, 2.45) is 0 Å². The fourth-order valence-corrected chi connectivity index (χ4v) is 3.31. The van der Waals surface area contributed by atoms with Crippen LogP contribution in [-0.2, 0) is 27.4 Å². The van der Waals surface area contributed by atoms with Crippen LogP contribution < -0.4 is 16.2 Å². The van der Waals surface area contributed by atoms with Crippen molar-refractivity contribution < 1.29 is 19.1 Å². The molecule has 1 heterocycles. The molecule has 3 aromatic rings. The lowest BCUT2D eigenvalue weighted by Gasteiger charge is -2.12. The second-order valence-corrected chi connectivity index (χ2v) is 7.44. The summed E-state index contributed by atoms with van der Waals surface area (Å²) in [5.74, 6) is -0.106. The molecule has 0 atom stereocenters. The number of hydrogen-bond acceptors (Lipinski definition) is 6. The minimum Gasteiger partial charge on any atom is -0.450 e. The lowest BCUT2D eigenvalue weighted by atomic mass is 10.0. The van der Waals surface area contributed by atoms with E-state index in [2.05, 4.69) is 15.7 Å². The molecule has 0 aliphatic heterocycles. The Hall–Kier alpha value is -3.98. The number of ether oxygens (including phenoxy) is 2. The second-order valence-electron chi connectivity index (χ2n) is 7.44. The molecule has 2 aromatic carbocycles. The summed E-state index contributed by atoms with van der Waals surface area (Å²) in [5.41, 5.74) is 3.42. The average molecular weight is 465 g/mol. The number of carbonyl (C=O) groups is 2.